The minimum absolute atomic E-state index is 0.161. The molecule has 2 aliphatic heterocycles. The van der Waals surface area contributed by atoms with Crippen molar-refractivity contribution in [3.8, 4) is 11.6 Å². The van der Waals surface area contributed by atoms with E-state index in [1.54, 1.807) is 48.5 Å². The van der Waals surface area contributed by atoms with E-state index in [9.17, 15) is 14.4 Å². The molecule has 1 saturated carbocycles. The van der Waals surface area contributed by atoms with E-state index in [2.05, 4.69) is 4.98 Å². The van der Waals surface area contributed by atoms with E-state index in [0.717, 1.165) is 0 Å². The van der Waals surface area contributed by atoms with Gasteiger partial charge in [0.2, 0.25) is 5.88 Å². The number of benzene rings is 1. The molecule has 1 aliphatic carbocycles. The topological polar surface area (TPSA) is 109 Å². The first-order valence-electron chi connectivity index (χ1n) is 11.1. The number of aromatic nitrogens is 1. The van der Waals surface area contributed by atoms with Crippen molar-refractivity contribution < 1.29 is 29.0 Å². The van der Waals surface area contributed by atoms with E-state index < -0.39 is 18.1 Å². The second-order valence-corrected chi connectivity index (χ2v) is 8.77. The van der Waals surface area contributed by atoms with Gasteiger partial charge in [-0.2, -0.15) is 0 Å². The molecule has 1 aromatic heterocycles. The summed E-state index contributed by atoms with van der Waals surface area (Å²) in [5.74, 6) is 0.280. The molecule has 0 radical (unpaired) electrons. The van der Waals surface area contributed by atoms with E-state index in [1.807, 2.05) is 0 Å². The first kappa shape index (κ1) is 21.2. The maximum absolute atomic E-state index is 13.0. The number of ether oxygens (including phenoxy) is 2. The average Bonchev–Trinajstić information content (AvgIpc) is 3.53. The Bertz CT molecular complexity index is 1100. The zero-order chi connectivity index (χ0) is 23.1. The molecule has 172 valence electrons. The van der Waals surface area contributed by atoms with Gasteiger partial charge in [-0.15, -0.1) is 0 Å². The zero-order valence-electron chi connectivity index (χ0n) is 18.3. The molecule has 2 aromatic rings. The number of nitrogens with zero attached hydrogens (tertiary/aromatic N) is 3. The molecule has 1 aromatic carbocycles. The molecule has 5 rings (SSSR count). The van der Waals surface area contributed by atoms with Gasteiger partial charge < -0.3 is 24.4 Å². The van der Waals surface area contributed by atoms with Crippen LogP contribution >= 0.6 is 0 Å². The van der Waals surface area contributed by atoms with Crippen molar-refractivity contribution in [1.82, 2.24) is 9.88 Å². The number of hydrogen-bond donors (Lipinski definition) is 1. The fraction of sp³-hybridized carbons (Fsp3) is 0.417. The van der Waals surface area contributed by atoms with Crippen molar-refractivity contribution >= 4 is 23.5 Å². The Morgan fingerprint density at radius 2 is 2.00 bits per heavy atom. The highest BCUT2D eigenvalue weighted by Gasteiger charge is 2.38. The number of fused-ring (bicyclic) bond motifs is 1. The van der Waals surface area contributed by atoms with E-state index in [4.69, 9.17) is 14.6 Å². The first-order valence-corrected chi connectivity index (χ1v) is 11.1. The van der Waals surface area contributed by atoms with Gasteiger partial charge in [-0.1, -0.05) is 6.07 Å². The van der Waals surface area contributed by atoms with Crippen LogP contribution in [0.4, 0.5) is 5.69 Å². The van der Waals surface area contributed by atoms with Crippen molar-refractivity contribution in [3.63, 3.8) is 0 Å². The molecular weight excluding hydrogens is 426 g/mol. The lowest BCUT2D eigenvalue weighted by Gasteiger charge is -2.19. The lowest BCUT2D eigenvalue weighted by molar-refractivity contribution is -0.138. The average molecular weight is 451 g/mol. The highest BCUT2D eigenvalue weighted by atomic mass is 16.5. The Hall–Kier alpha value is -3.62. The van der Waals surface area contributed by atoms with E-state index >= 15 is 0 Å². The van der Waals surface area contributed by atoms with Gasteiger partial charge in [0.25, 0.3) is 11.8 Å². The predicted molar refractivity (Wildman–Crippen MR) is 117 cm³/mol. The van der Waals surface area contributed by atoms with Gasteiger partial charge in [0.15, 0.2) is 6.10 Å². The highest BCUT2D eigenvalue weighted by Crippen LogP contribution is 2.37. The number of carbonyl (C=O) groups is 3. The summed E-state index contributed by atoms with van der Waals surface area (Å²) in [5, 5.41) is 9.17. The van der Waals surface area contributed by atoms with Crippen molar-refractivity contribution in [2.75, 3.05) is 25.1 Å². The molecule has 0 spiro atoms. The maximum atomic E-state index is 13.0. The van der Waals surface area contributed by atoms with Crippen LogP contribution in [0.5, 0.6) is 11.6 Å². The fourth-order valence-electron chi connectivity index (χ4n) is 4.33. The van der Waals surface area contributed by atoms with Gasteiger partial charge in [-0.25, -0.2) is 4.98 Å². The summed E-state index contributed by atoms with van der Waals surface area (Å²) in [6, 6.07) is 8.15. The van der Waals surface area contributed by atoms with Crippen molar-refractivity contribution in [2.24, 2.45) is 5.92 Å². The number of carboxylic acid groups (broad SMARTS) is 1. The van der Waals surface area contributed by atoms with Crippen LogP contribution in [0.2, 0.25) is 0 Å². The van der Waals surface area contributed by atoms with Gasteiger partial charge >= 0.3 is 5.97 Å². The van der Waals surface area contributed by atoms with Crippen LogP contribution in [0.1, 0.15) is 47.6 Å². The van der Waals surface area contributed by atoms with Gasteiger partial charge in [0, 0.05) is 37.3 Å². The highest BCUT2D eigenvalue weighted by molar-refractivity contribution is 6.03. The molecule has 2 amide bonds. The Balaban J connectivity index is 1.26. The van der Waals surface area contributed by atoms with Gasteiger partial charge in [0.1, 0.15) is 5.75 Å². The van der Waals surface area contributed by atoms with Crippen molar-refractivity contribution in [3.05, 3.63) is 47.7 Å². The molecule has 3 aliphatic rings. The molecule has 2 atom stereocenters. The predicted octanol–water partition coefficient (Wildman–Crippen LogP) is 2.66. The summed E-state index contributed by atoms with van der Waals surface area (Å²) in [7, 11) is 1.59. The second-order valence-electron chi connectivity index (χ2n) is 8.77. The molecule has 2 fully saturated rings. The molecule has 1 unspecified atom stereocenters. The molecular formula is C24H25N3O6. The van der Waals surface area contributed by atoms with Crippen molar-refractivity contribution in [1.29, 1.82) is 0 Å². The molecule has 0 bridgehead atoms. The summed E-state index contributed by atoms with van der Waals surface area (Å²) in [6.45, 7) is 1.14. The van der Waals surface area contributed by atoms with Gasteiger partial charge in [0.05, 0.1) is 25.3 Å². The minimum atomic E-state index is -0.969. The fourth-order valence-corrected chi connectivity index (χ4v) is 4.33. The van der Waals surface area contributed by atoms with Crippen LogP contribution in [0, 0.1) is 5.92 Å². The third-order valence-electron chi connectivity index (χ3n) is 6.40. The normalized spacial score (nSPS) is 22.0. The number of pyridine rings is 1. The Morgan fingerprint density at radius 3 is 2.70 bits per heavy atom. The number of carboxylic acids is 1. The quantitative estimate of drug-likeness (QED) is 0.657. The lowest BCUT2D eigenvalue weighted by atomic mass is 10.0. The number of aliphatic carboxylic acids is 1. The Labute approximate surface area is 190 Å². The van der Waals surface area contributed by atoms with E-state index in [-0.39, 0.29) is 18.2 Å². The molecule has 9 heteroatoms. The minimum Gasteiger partial charge on any atom is -0.481 e. The number of amides is 2. The van der Waals surface area contributed by atoms with E-state index in [1.165, 1.54) is 17.7 Å². The van der Waals surface area contributed by atoms with E-state index in [0.29, 0.717) is 53.9 Å². The Morgan fingerprint density at radius 1 is 1.18 bits per heavy atom. The van der Waals surface area contributed by atoms with Crippen LogP contribution in [0.15, 0.2) is 36.5 Å². The third-order valence-corrected chi connectivity index (χ3v) is 6.40. The number of carbonyl (C=O) groups excluding carboxylic acids is 2. The van der Waals surface area contributed by atoms with Crippen LogP contribution in [0.3, 0.4) is 0 Å². The number of rotatable bonds is 8. The first-order chi connectivity index (χ1) is 15.9. The summed E-state index contributed by atoms with van der Waals surface area (Å²) >= 11 is 0. The summed E-state index contributed by atoms with van der Waals surface area (Å²) in [4.78, 5) is 44.1. The number of anilines is 1. The number of hydrogen-bond acceptors (Lipinski definition) is 6. The van der Waals surface area contributed by atoms with Gasteiger partial charge in [-0.05, 0) is 42.5 Å². The zero-order valence-corrected chi connectivity index (χ0v) is 18.3. The maximum Gasteiger partial charge on any atom is 0.305 e. The second kappa shape index (κ2) is 8.38. The summed E-state index contributed by atoms with van der Waals surface area (Å²) < 4.78 is 11.5. The van der Waals surface area contributed by atoms with Gasteiger partial charge in [-0.3, -0.25) is 14.4 Å². The lowest BCUT2D eigenvalue weighted by Crippen LogP contribution is -2.32. The van der Waals surface area contributed by atoms with Crippen LogP contribution in [-0.2, 0) is 9.59 Å². The standard InChI is InChI=1S/C24H25N3O6/c1-26-19(11-22(28)29)17-6-4-15(10-18(17)23(26)30)27-9-8-20(24(27)31)33-16-5-7-21(25-12-16)32-13-14-2-3-14/h4-7,10,12,14,19-20H,2-3,8-9,11,13H2,1H3,(H,28,29)/t19?,20-/m1/s1. The SMILES string of the molecule is CN1C(=O)c2cc(N3CC[C@@H](Oc4ccc(OCC5CC5)nc4)C3=O)ccc2C1CC(=O)O. The largest absolute Gasteiger partial charge is 0.481 e. The summed E-state index contributed by atoms with van der Waals surface area (Å²) in [5.41, 5.74) is 1.71. The Kier molecular flexibility index (Phi) is 5.39. The van der Waals surface area contributed by atoms with Crippen LogP contribution in [0.25, 0.3) is 0 Å². The monoisotopic (exact) mass is 451 g/mol. The summed E-state index contributed by atoms with van der Waals surface area (Å²) in [6.07, 6.45) is 3.68. The molecule has 1 saturated heterocycles. The van der Waals surface area contributed by atoms with Crippen molar-refractivity contribution in [2.45, 2.75) is 37.8 Å². The van der Waals surface area contributed by atoms with Crippen LogP contribution in [-0.4, -0.2) is 59.1 Å². The van der Waals surface area contributed by atoms with Crippen LogP contribution < -0.4 is 14.4 Å². The molecule has 1 N–H and O–H groups in total. The third kappa shape index (κ3) is 4.22. The smallest absolute Gasteiger partial charge is 0.305 e. The molecule has 3 heterocycles. The molecule has 33 heavy (non-hydrogen) atoms. The molecule has 9 nitrogen and oxygen atoms in total.